The third-order valence-corrected chi connectivity index (χ3v) is 7.11. The molecule has 0 unspecified atom stereocenters. The summed E-state index contributed by atoms with van der Waals surface area (Å²) >= 11 is 6.61. The summed E-state index contributed by atoms with van der Waals surface area (Å²) in [6.07, 6.45) is 1.84. The quantitative estimate of drug-likeness (QED) is 0.242. The number of hydrogen-bond acceptors (Lipinski definition) is 6. The van der Waals surface area contributed by atoms with Crippen LogP contribution < -0.4 is 0 Å². The van der Waals surface area contributed by atoms with Crippen LogP contribution in [0, 0.1) is 5.92 Å². The smallest absolute Gasteiger partial charge is 0.410 e. The lowest BCUT2D eigenvalue weighted by molar-refractivity contribution is 0.0565. The monoisotopic (exact) mass is 536 g/mol. The molecular weight excluding hydrogens is 508 g/mol. The lowest BCUT2D eigenvalue weighted by Gasteiger charge is -2.38. The number of rotatable bonds is 5. The lowest BCUT2D eigenvalue weighted by atomic mass is 9.90. The van der Waals surface area contributed by atoms with E-state index < -0.39 is 5.43 Å². The molecule has 1 aliphatic rings. The van der Waals surface area contributed by atoms with E-state index >= 15 is 0 Å². The van der Waals surface area contributed by atoms with Gasteiger partial charge in [-0.1, -0.05) is 73.7 Å². The average Bonchev–Trinajstić information content (AvgIpc) is 3.40. The third kappa shape index (κ3) is 7.78. The zero-order valence-electron chi connectivity index (χ0n) is 20.6. The van der Waals surface area contributed by atoms with Gasteiger partial charge in [-0.3, -0.25) is 0 Å². The number of nitrogens with zero attached hydrogens (tertiary/aromatic N) is 2. The normalized spacial score (nSPS) is 17.0. The molecule has 37 heavy (non-hydrogen) atoms. The van der Waals surface area contributed by atoms with Gasteiger partial charge >= 0.3 is 11.5 Å². The molecule has 0 bridgehead atoms. The molecule has 6 nitrogen and oxygen atoms in total. The number of fused-ring (bicyclic) bond motifs is 1. The predicted octanol–water partition coefficient (Wildman–Crippen LogP) is 7.97. The number of amides is 1. The minimum absolute atomic E-state index is 0.0561. The molecule has 1 aliphatic heterocycles. The largest absolute Gasteiger partial charge is 0.449 e. The molecule has 2 atom stereocenters. The number of carbonyl (C=O) groups excluding carboxylic acids is 2. The zero-order chi connectivity index (χ0) is 26.0. The molecule has 2 heterocycles. The zero-order valence-corrected chi connectivity index (χ0v) is 22.2. The molecule has 0 N–H and O–H groups in total. The number of piperidine rings is 1. The molecule has 8 heteroatoms. The second-order valence-corrected chi connectivity index (χ2v) is 10.2. The van der Waals surface area contributed by atoms with E-state index in [1.807, 2.05) is 71.1 Å². The molecule has 1 saturated heterocycles. The van der Waals surface area contributed by atoms with Crippen molar-refractivity contribution < 1.29 is 19.1 Å². The summed E-state index contributed by atoms with van der Waals surface area (Å²) < 4.78 is 11.3. The number of thiazole rings is 1. The maximum absolute atomic E-state index is 12.8. The molecule has 1 amide bonds. The van der Waals surface area contributed by atoms with Gasteiger partial charge in [-0.25, -0.2) is 14.6 Å². The van der Waals surface area contributed by atoms with Crippen molar-refractivity contribution in [2.45, 2.75) is 39.0 Å². The van der Waals surface area contributed by atoms with Crippen molar-refractivity contribution in [3.8, 4) is 0 Å². The number of likely N-dealkylation sites (tertiary alicyclic amines) is 1. The van der Waals surface area contributed by atoms with Gasteiger partial charge < -0.3 is 14.4 Å². The Morgan fingerprint density at radius 2 is 1.59 bits per heavy atom. The van der Waals surface area contributed by atoms with Crippen molar-refractivity contribution >= 4 is 44.7 Å². The van der Waals surface area contributed by atoms with Gasteiger partial charge in [0.25, 0.3) is 0 Å². The van der Waals surface area contributed by atoms with E-state index in [-0.39, 0.29) is 18.7 Å². The van der Waals surface area contributed by atoms with Crippen molar-refractivity contribution in [1.29, 1.82) is 0 Å². The van der Waals surface area contributed by atoms with E-state index in [4.69, 9.17) is 16.3 Å². The van der Waals surface area contributed by atoms with Gasteiger partial charge in [0.05, 0.1) is 21.8 Å². The minimum Gasteiger partial charge on any atom is -0.449 e. The standard InChI is InChI=1S/C21H22N2O2S.C8H7ClO2/c1-15-7-9-19(17-8-10-20-18(11-17)22-14-26-20)23(12-15)21(24)25-13-16-5-3-2-4-6-16;9-8(10)11-6-7-4-2-1-3-5-7/h2-6,8,10-11,14-15,19H,7,9,12-13H2,1H3;1-5H,6H2/t15-,19+;/m0./s1. The number of carbonyl (C=O) groups is 2. The van der Waals surface area contributed by atoms with Crippen LogP contribution in [-0.2, 0) is 22.7 Å². The Bertz CT molecular complexity index is 1300. The Labute approximate surface area is 225 Å². The van der Waals surface area contributed by atoms with Gasteiger partial charge in [0.15, 0.2) is 0 Å². The molecule has 0 saturated carbocycles. The van der Waals surface area contributed by atoms with E-state index in [2.05, 4.69) is 34.8 Å². The fourth-order valence-corrected chi connectivity index (χ4v) is 5.01. The summed E-state index contributed by atoms with van der Waals surface area (Å²) in [6, 6.07) is 25.6. The van der Waals surface area contributed by atoms with E-state index in [1.165, 1.54) is 4.70 Å². The second-order valence-electron chi connectivity index (χ2n) is 8.98. The maximum atomic E-state index is 12.8. The van der Waals surface area contributed by atoms with Crippen molar-refractivity contribution in [1.82, 2.24) is 9.88 Å². The van der Waals surface area contributed by atoms with Crippen LogP contribution in [0.15, 0.2) is 84.4 Å². The molecule has 1 aromatic heterocycles. The molecule has 1 fully saturated rings. The van der Waals surface area contributed by atoms with Crippen LogP contribution in [-0.4, -0.2) is 28.0 Å². The third-order valence-electron chi connectivity index (χ3n) is 6.19. The molecule has 0 spiro atoms. The molecule has 192 valence electrons. The van der Waals surface area contributed by atoms with Crippen LogP contribution in [0.1, 0.15) is 42.5 Å². The summed E-state index contributed by atoms with van der Waals surface area (Å²) in [5.41, 5.74) is 5.18. The fraction of sp³-hybridized carbons (Fsp3) is 0.276. The second kappa shape index (κ2) is 13.2. The first-order valence-corrected chi connectivity index (χ1v) is 13.4. The SMILES string of the molecule is C[C@H]1CC[C@H](c2ccc3scnc3c2)N(C(=O)OCc2ccccc2)C1.O=C(Cl)OCc1ccccc1. The van der Waals surface area contributed by atoms with Gasteiger partial charge in [-0.15, -0.1) is 11.3 Å². The van der Waals surface area contributed by atoms with Crippen molar-refractivity contribution in [3.05, 3.63) is 101 Å². The van der Waals surface area contributed by atoms with Crippen LogP contribution >= 0.6 is 22.9 Å². The van der Waals surface area contributed by atoms with Gasteiger partial charge in [-0.05, 0) is 47.6 Å². The molecule has 5 rings (SSSR count). The number of benzene rings is 3. The topological polar surface area (TPSA) is 68.7 Å². The summed E-state index contributed by atoms with van der Waals surface area (Å²) in [4.78, 5) is 29.3. The first-order valence-electron chi connectivity index (χ1n) is 12.2. The van der Waals surface area contributed by atoms with E-state index in [1.54, 1.807) is 11.3 Å². The summed E-state index contributed by atoms with van der Waals surface area (Å²) in [5.74, 6) is 0.485. The Morgan fingerprint density at radius 1 is 0.946 bits per heavy atom. The Balaban J connectivity index is 0.000000245. The number of ether oxygens (including phenoxy) is 2. The molecule has 4 aromatic rings. The van der Waals surface area contributed by atoms with E-state index in [0.717, 1.165) is 41.6 Å². The van der Waals surface area contributed by atoms with Gasteiger partial charge in [0.1, 0.15) is 13.2 Å². The Morgan fingerprint density at radius 3 is 2.24 bits per heavy atom. The Kier molecular flexibility index (Phi) is 9.52. The first kappa shape index (κ1) is 26.6. The molecule has 0 aliphatic carbocycles. The van der Waals surface area contributed by atoms with Gasteiger partial charge in [-0.2, -0.15) is 0 Å². The highest BCUT2D eigenvalue weighted by Gasteiger charge is 2.32. The van der Waals surface area contributed by atoms with Crippen molar-refractivity contribution in [2.75, 3.05) is 6.54 Å². The first-order chi connectivity index (χ1) is 18.0. The van der Waals surface area contributed by atoms with Crippen LogP contribution in [0.4, 0.5) is 9.59 Å². The van der Waals surface area contributed by atoms with E-state index in [9.17, 15) is 9.59 Å². The summed E-state index contributed by atoms with van der Waals surface area (Å²) in [5, 5.41) is 0. The van der Waals surface area contributed by atoms with Crippen LogP contribution in [0.25, 0.3) is 10.2 Å². The predicted molar refractivity (Wildman–Crippen MR) is 147 cm³/mol. The average molecular weight is 537 g/mol. The maximum Gasteiger partial charge on any atom is 0.410 e. The highest BCUT2D eigenvalue weighted by Crippen LogP contribution is 2.35. The highest BCUT2D eigenvalue weighted by atomic mass is 35.5. The highest BCUT2D eigenvalue weighted by molar-refractivity contribution is 7.16. The van der Waals surface area contributed by atoms with Crippen molar-refractivity contribution in [2.24, 2.45) is 5.92 Å². The van der Waals surface area contributed by atoms with Crippen LogP contribution in [0.2, 0.25) is 0 Å². The van der Waals surface area contributed by atoms with E-state index in [0.29, 0.717) is 12.5 Å². The lowest BCUT2D eigenvalue weighted by Crippen LogP contribution is -2.41. The molecule has 3 aromatic carbocycles. The number of aromatic nitrogens is 1. The van der Waals surface area contributed by atoms with Crippen LogP contribution in [0.3, 0.4) is 0 Å². The number of hydrogen-bond donors (Lipinski definition) is 0. The molecular formula is C29H29ClN2O4S. The van der Waals surface area contributed by atoms with Crippen molar-refractivity contribution in [3.63, 3.8) is 0 Å². The van der Waals surface area contributed by atoms with Gasteiger partial charge in [0.2, 0.25) is 0 Å². The summed E-state index contributed by atoms with van der Waals surface area (Å²) in [6.45, 7) is 3.47. The molecule has 0 radical (unpaired) electrons. The summed E-state index contributed by atoms with van der Waals surface area (Å²) in [7, 11) is 0. The van der Waals surface area contributed by atoms with Gasteiger partial charge in [0, 0.05) is 18.1 Å². The van der Waals surface area contributed by atoms with Crippen LogP contribution in [0.5, 0.6) is 0 Å². The fourth-order valence-electron chi connectivity index (χ4n) is 4.30. The number of halogens is 1. The Hall–Kier alpha value is -3.42. The minimum atomic E-state index is -0.770.